The van der Waals surface area contributed by atoms with Crippen molar-refractivity contribution in [3.8, 4) is 17.1 Å². The molecule has 8 atom stereocenters. The summed E-state index contributed by atoms with van der Waals surface area (Å²) in [4.78, 5) is 56.8. The molecule has 11 heteroatoms. The van der Waals surface area contributed by atoms with Crippen LogP contribution in [0.4, 0.5) is 0 Å². The van der Waals surface area contributed by atoms with Gasteiger partial charge in [-0.05, 0) is 49.7 Å². The monoisotopic (exact) mass is 667 g/mol. The molecule has 2 unspecified atom stereocenters. The van der Waals surface area contributed by atoms with E-state index in [9.17, 15) is 24.3 Å². The third-order valence-electron chi connectivity index (χ3n) is 11.0. The molecule has 0 bridgehead atoms. The molecule has 2 aromatic rings. The first-order chi connectivity index (χ1) is 22.4. The minimum Gasteiger partial charge on any atom is -0.482 e. The highest BCUT2D eigenvalue weighted by molar-refractivity contribution is 5.73. The van der Waals surface area contributed by atoms with Gasteiger partial charge < -0.3 is 28.5 Å². The number of ether oxygens (including phenoxy) is 4. The summed E-state index contributed by atoms with van der Waals surface area (Å²) in [5.74, 6) is -3.21. The van der Waals surface area contributed by atoms with Crippen LogP contribution < -0.4 is 10.4 Å². The maximum Gasteiger partial charge on any atom is 0.345 e. The minimum absolute atomic E-state index is 0.0118. The highest BCUT2D eigenvalue weighted by Gasteiger charge is 2.71. The summed E-state index contributed by atoms with van der Waals surface area (Å²) in [5, 5.41) is 12.3. The highest BCUT2D eigenvalue weighted by atomic mass is 16.6. The van der Waals surface area contributed by atoms with Gasteiger partial charge in [0.05, 0.1) is 23.9 Å². The number of aromatic nitrogens is 1. The molecular weight excluding hydrogens is 618 g/mol. The van der Waals surface area contributed by atoms with Crippen molar-refractivity contribution >= 4 is 17.9 Å². The van der Waals surface area contributed by atoms with E-state index in [1.165, 1.54) is 0 Å². The first-order valence-electron chi connectivity index (χ1n) is 17.0. The molecule has 3 aliphatic rings. The van der Waals surface area contributed by atoms with E-state index < -0.39 is 70.1 Å². The Bertz CT molecular complexity index is 1600. The van der Waals surface area contributed by atoms with Gasteiger partial charge in [-0.1, -0.05) is 55.4 Å². The zero-order chi connectivity index (χ0) is 35.3. The van der Waals surface area contributed by atoms with E-state index in [1.807, 2.05) is 20.8 Å². The predicted molar refractivity (Wildman–Crippen MR) is 174 cm³/mol. The molecule has 11 nitrogen and oxygen atoms in total. The first kappa shape index (κ1) is 35.6. The lowest BCUT2D eigenvalue weighted by Crippen LogP contribution is -2.71. The van der Waals surface area contributed by atoms with Gasteiger partial charge in [-0.15, -0.1) is 0 Å². The number of hydrogen-bond acceptors (Lipinski definition) is 11. The zero-order valence-electron chi connectivity index (χ0n) is 29.4. The van der Waals surface area contributed by atoms with Crippen LogP contribution >= 0.6 is 0 Å². The van der Waals surface area contributed by atoms with Gasteiger partial charge >= 0.3 is 23.5 Å². The number of hydrogen-bond donors (Lipinski definition) is 1. The summed E-state index contributed by atoms with van der Waals surface area (Å²) in [6, 6.07) is 5.04. The number of carbonyl (C=O) groups excluding carboxylic acids is 3. The van der Waals surface area contributed by atoms with Crippen LogP contribution in [0.25, 0.3) is 11.3 Å². The molecule has 2 saturated carbocycles. The fourth-order valence-electron chi connectivity index (χ4n) is 8.33. The lowest BCUT2D eigenvalue weighted by atomic mass is 9.42. The third-order valence-corrected chi connectivity index (χ3v) is 11.0. The summed E-state index contributed by atoms with van der Waals surface area (Å²) in [7, 11) is 0. The van der Waals surface area contributed by atoms with Crippen LogP contribution in [-0.2, 0) is 28.6 Å². The fourth-order valence-corrected chi connectivity index (χ4v) is 8.33. The van der Waals surface area contributed by atoms with Gasteiger partial charge in [0.25, 0.3) is 0 Å². The number of carbonyl (C=O) groups is 3. The van der Waals surface area contributed by atoms with Gasteiger partial charge in [-0.3, -0.25) is 19.4 Å². The number of nitrogens with zero attached hydrogens (tertiary/aromatic N) is 1. The topological polar surface area (TPSA) is 151 Å². The van der Waals surface area contributed by atoms with Crippen LogP contribution in [0, 0.1) is 40.4 Å². The van der Waals surface area contributed by atoms with Gasteiger partial charge in [0.15, 0.2) is 0 Å². The van der Waals surface area contributed by atoms with Gasteiger partial charge in [-0.25, -0.2) is 4.79 Å². The Kier molecular flexibility index (Phi) is 9.60. The van der Waals surface area contributed by atoms with E-state index in [1.54, 1.807) is 72.1 Å². The van der Waals surface area contributed by atoms with Crippen molar-refractivity contribution in [2.24, 2.45) is 40.4 Å². The molecule has 2 fully saturated rings. The van der Waals surface area contributed by atoms with Crippen LogP contribution in [0.15, 0.2) is 39.8 Å². The number of aliphatic hydroxyl groups is 1. The molecule has 0 spiro atoms. The average Bonchev–Trinajstić information content (AvgIpc) is 3.02. The molecule has 48 heavy (non-hydrogen) atoms. The van der Waals surface area contributed by atoms with E-state index >= 15 is 0 Å². The maximum atomic E-state index is 13.6. The first-order valence-corrected chi connectivity index (χ1v) is 17.0. The molecule has 0 saturated heterocycles. The van der Waals surface area contributed by atoms with Gasteiger partial charge in [0.2, 0.25) is 0 Å². The normalized spacial score (nSPS) is 32.5. The highest BCUT2D eigenvalue weighted by Crippen LogP contribution is 2.67. The van der Waals surface area contributed by atoms with Crippen molar-refractivity contribution in [2.75, 3.05) is 6.61 Å². The van der Waals surface area contributed by atoms with E-state index in [2.05, 4.69) is 4.98 Å². The van der Waals surface area contributed by atoms with E-state index in [0.29, 0.717) is 18.4 Å². The summed E-state index contributed by atoms with van der Waals surface area (Å²) in [5.41, 5.74) is -3.18. The predicted octanol–water partition coefficient (Wildman–Crippen LogP) is 5.66. The number of fused-ring (bicyclic) bond motifs is 4. The summed E-state index contributed by atoms with van der Waals surface area (Å²) >= 11 is 0. The van der Waals surface area contributed by atoms with Gasteiger partial charge in [-0.2, -0.15) is 0 Å². The van der Waals surface area contributed by atoms with E-state index in [0.717, 1.165) is 0 Å². The van der Waals surface area contributed by atoms with Crippen LogP contribution in [-0.4, -0.2) is 52.4 Å². The van der Waals surface area contributed by atoms with Crippen molar-refractivity contribution in [3.05, 3.63) is 46.6 Å². The Morgan fingerprint density at radius 2 is 1.60 bits per heavy atom. The van der Waals surface area contributed by atoms with E-state index in [-0.39, 0.29) is 47.9 Å². The van der Waals surface area contributed by atoms with Gasteiger partial charge in [0.1, 0.15) is 41.5 Å². The standard InChI is InChI=1S/C37H49NO10/c1-19(2)31(40)44-18-36(8)25-16-27(47-33(42)21(5)6)37(9)30(35(25,7)13-12-26(36)46-32(41)20(3)4)29(39)28-24(48-37)15-23(45-34(28)43)22-11-10-14-38-17-22/h10-11,14-15,17,19-21,25-27,29-30,39H,12-13,16,18H2,1-9H3/t25?,26-,27-,29-,30?,35-,36-,37+/m0/s1. The molecule has 0 radical (unpaired) electrons. The van der Waals surface area contributed by atoms with Crippen LogP contribution in [0.1, 0.15) is 93.2 Å². The molecule has 0 aromatic carbocycles. The van der Waals surface area contributed by atoms with Crippen molar-refractivity contribution in [1.82, 2.24) is 4.98 Å². The molecule has 3 heterocycles. The summed E-state index contributed by atoms with van der Waals surface area (Å²) < 4.78 is 30.7. The average molecular weight is 668 g/mol. The van der Waals surface area contributed by atoms with Crippen LogP contribution in [0.2, 0.25) is 0 Å². The van der Waals surface area contributed by atoms with Crippen molar-refractivity contribution in [1.29, 1.82) is 0 Å². The second-order valence-electron chi connectivity index (χ2n) is 15.4. The lowest BCUT2D eigenvalue weighted by Gasteiger charge is -2.66. The Balaban J connectivity index is 1.66. The molecule has 2 aromatic heterocycles. The summed E-state index contributed by atoms with van der Waals surface area (Å²) in [6.45, 7) is 16.2. The van der Waals surface area contributed by atoms with Crippen molar-refractivity contribution in [2.45, 2.75) is 105 Å². The number of esters is 3. The Labute approximate surface area is 281 Å². The van der Waals surface area contributed by atoms with Crippen molar-refractivity contribution < 1.29 is 42.9 Å². The molecular formula is C37H49NO10. The smallest absolute Gasteiger partial charge is 0.345 e. The number of pyridine rings is 1. The summed E-state index contributed by atoms with van der Waals surface area (Å²) in [6.07, 6.45) is 1.47. The zero-order valence-corrected chi connectivity index (χ0v) is 29.4. The molecule has 262 valence electrons. The molecule has 2 aliphatic carbocycles. The molecule has 0 amide bonds. The Morgan fingerprint density at radius 3 is 2.19 bits per heavy atom. The minimum atomic E-state index is -1.36. The Morgan fingerprint density at radius 1 is 0.979 bits per heavy atom. The fraction of sp³-hybridized carbons (Fsp3) is 0.649. The third kappa shape index (κ3) is 6.03. The molecule has 5 rings (SSSR count). The Hall–Kier alpha value is -3.73. The van der Waals surface area contributed by atoms with Crippen LogP contribution in [0.5, 0.6) is 5.75 Å². The van der Waals surface area contributed by atoms with Crippen LogP contribution in [0.3, 0.4) is 0 Å². The lowest BCUT2D eigenvalue weighted by molar-refractivity contribution is -0.272. The van der Waals surface area contributed by atoms with E-state index in [4.69, 9.17) is 23.4 Å². The second kappa shape index (κ2) is 12.9. The van der Waals surface area contributed by atoms with Crippen molar-refractivity contribution in [3.63, 3.8) is 0 Å². The number of aliphatic hydroxyl groups excluding tert-OH is 1. The largest absolute Gasteiger partial charge is 0.482 e. The molecule has 1 aliphatic heterocycles. The SMILES string of the molecule is CC(C)C(=O)OC[C@@]1(C)C2C[C@H](OC(=O)C(C)C)[C@@]3(C)Oc4cc(-c5cccnc5)oc(=O)c4[C@H](O)C3[C@@]2(C)CC[C@@H]1OC(=O)C(C)C. The number of rotatable bonds is 8. The van der Waals surface area contributed by atoms with Gasteiger partial charge in [0, 0.05) is 35.4 Å². The second-order valence-corrected chi connectivity index (χ2v) is 15.4. The molecule has 1 N–H and O–H groups in total. The maximum absolute atomic E-state index is 13.6. The quantitative estimate of drug-likeness (QED) is 0.274.